The Bertz CT molecular complexity index is 637. The fourth-order valence-electron chi connectivity index (χ4n) is 2.58. The third-order valence-corrected chi connectivity index (χ3v) is 6.57. The van der Waals surface area contributed by atoms with Crippen LogP contribution < -0.4 is 5.73 Å². The lowest BCUT2D eigenvalue weighted by Crippen LogP contribution is -2.42. The molecule has 1 aliphatic heterocycles. The molecule has 1 aliphatic rings. The number of anilines is 1. The molecule has 0 amide bonds. The van der Waals surface area contributed by atoms with Crippen molar-refractivity contribution in [2.75, 3.05) is 32.4 Å². The number of nitrogens with zero attached hydrogens (tertiary/aromatic N) is 2. The predicted octanol–water partition coefficient (Wildman–Crippen LogP) is 2.29. The fraction of sp³-hybridized carbons (Fsp3) is 0.538. The second-order valence-corrected chi connectivity index (χ2v) is 8.00. The molecule has 5 nitrogen and oxygen atoms in total. The van der Waals surface area contributed by atoms with Crippen molar-refractivity contribution >= 4 is 38.9 Å². The summed E-state index contributed by atoms with van der Waals surface area (Å²) >= 11 is 12.0. The highest BCUT2D eigenvalue weighted by Crippen LogP contribution is 2.35. The Morgan fingerprint density at radius 1 is 1.29 bits per heavy atom. The van der Waals surface area contributed by atoms with E-state index in [2.05, 4.69) is 4.90 Å². The molecule has 1 unspecified atom stereocenters. The Morgan fingerprint density at radius 3 is 2.62 bits per heavy atom. The maximum absolute atomic E-state index is 12.9. The molecule has 0 spiro atoms. The lowest BCUT2D eigenvalue weighted by Gasteiger charge is -2.27. The van der Waals surface area contributed by atoms with Crippen LogP contribution in [-0.2, 0) is 10.0 Å². The van der Waals surface area contributed by atoms with E-state index in [-0.39, 0.29) is 26.7 Å². The summed E-state index contributed by atoms with van der Waals surface area (Å²) in [7, 11) is -1.71. The molecule has 0 radical (unpaired) electrons. The van der Waals surface area contributed by atoms with Gasteiger partial charge in [0.2, 0.25) is 10.0 Å². The average molecular weight is 352 g/mol. The maximum atomic E-state index is 12.9. The molecule has 0 aromatic heterocycles. The topological polar surface area (TPSA) is 66.6 Å². The quantitative estimate of drug-likeness (QED) is 0.830. The summed E-state index contributed by atoms with van der Waals surface area (Å²) in [5, 5.41) is 0.245. The number of nitrogens with two attached hydrogens (primary N) is 1. The van der Waals surface area contributed by atoms with E-state index < -0.39 is 10.0 Å². The first-order chi connectivity index (χ1) is 9.75. The largest absolute Gasteiger partial charge is 0.396 e. The highest BCUT2D eigenvalue weighted by molar-refractivity contribution is 7.89. The number of benzene rings is 1. The van der Waals surface area contributed by atoms with Crippen LogP contribution >= 0.6 is 23.2 Å². The molecule has 0 bridgehead atoms. The van der Waals surface area contributed by atoms with Crippen LogP contribution in [0.1, 0.15) is 13.3 Å². The van der Waals surface area contributed by atoms with E-state index >= 15 is 0 Å². The van der Waals surface area contributed by atoms with Crippen molar-refractivity contribution in [3.8, 4) is 0 Å². The molecule has 0 saturated carbocycles. The van der Waals surface area contributed by atoms with Crippen molar-refractivity contribution in [1.82, 2.24) is 9.21 Å². The molecule has 21 heavy (non-hydrogen) atoms. The minimum Gasteiger partial charge on any atom is -0.396 e. The van der Waals surface area contributed by atoms with Crippen LogP contribution in [0, 0.1) is 0 Å². The molecule has 0 aliphatic carbocycles. The van der Waals surface area contributed by atoms with Crippen LogP contribution in [0.4, 0.5) is 5.69 Å². The van der Waals surface area contributed by atoms with E-state index in [1.807, 2.05) is 14.0 Å². The molecular weight excluding hydrogens is 333 g/mol. The Hall–Kier alpha value is -0.530. The summed E-state index contributed by atoms with van der Waals surface area (Å²) in [4.78, 5) is 2.14. The van der Waals surface area contributed by atoms with E-state index in [1.165, 1.54) is 16.4 Å². The summed E-state index contributed by atoms with van der Waals surface area (Å²) in [5.41, 5.74) is 5.84. The van der Waals surface area contributed by atoms with Gasteiger partial charge in [0.1, 0.15) is 4.90 Å². The standard InChI is InChI=1S/C13H19Cl2N3O2S/c1-9-8-17(2)6-3-7-18(9)21(19,20)11-5-4-10(14)13(16)12(11)15/h4-5,9H,3,6-8,16H2,1-2H3. The molecule has 1 heterocycles. The SMILES string of the molecule is CC1CN(C)CCCN1S(=O)(=O)c1ccc(Cl)c(N)c1Cl. The number of hydrogen-bond donors (Lipinski definition) is 1. The van der Waals surface area contributed by atoms with Gasteiger partial charge in [-0.05, 0) is 39.1 Å². The fourth-order valence-corrected chi connectivity index (χ4v) is 4.98. The number of sulfonamides is 1. The smallest absolute Gasteiger partial charge is 0.244 e. The highest BCUT2D eigenvalue weighted by atomic mass is 35.5. The molecule has 2 rings (SSSR count). The molecule has 1 aromatic carbocycles. The molecule has 118 valence electrons. The minimum atomic E-state index is -3.69. The lowest BCUT2D eigenvalue weighted by molar-refractivity contribution is 0.290. The zero-order valence-electron chi connectivity index (χ0n) is 12.0. The first-order valence-electron chi connectivity index (χ1n) is 6.69. The number of rotatable bonds is 2. The molecule has 1 saturated heterocycles. The van der Waals surface area contributed by atoms with Gasteiger partial charge in [-0.15, -0.1) is 0 Å². The summed E-state index contributed by atoms with van der Waals surface area (Å²) in [6.07, 6.45) is 0.779. The van der Waals surface area contributed by atoms with Crippen molar-refractivity contribution in [2.45, 2.75) is 24.3 Å². The van der Waals surface area contributed by atoms with Gasteiger partial charge in [-0.25, -0.2) is 8.42 Å². The van der Waals surface area contributed by atoms with E-state index in [1.54, 1.807) is 0 Å². The third kappa shape index (κ3) is 3.29. The monoisotopic (exact) mass is 351 g/mol. The molecule has 1 atom stereocenters. The van der Waals surface area contributed by atoms with Gasteiger partial charge >= 0.3 is 0 Å². The van der Waals surface area contributed by atoms with Gasteiger partial charge in [-0.3, -0.25) is 0 Å². The maximum Gasteiger partial charge on any atom is 0.244 e. The average Bonchev–Trinajstić information content (AvgIpc) is 2.56. The normalized spacial score (nSPS) is 22.2. The van der Waals surface area contributed by atoms with Crippen LogP contribution in [0.25, 0.3) is 0 Å². The van der Waals surface area contributed by atoms with Crippen LogP contribution in [-0.4, -0.2) is 50.3 Å². The van der Waals surface area contributed by atoms with Crippen molar-refractivity contribution in [1.29, 1.82) is 0 Å². The van der Waals surface area contributed by atoms with Crippen LogP contribution in [0.15, 0.2) is 17.0 Å². The van der Waals surface area contributed by atoms with Crippen molar-refractivity contribution < 1.29 is 8.42 Å². The van der Waals surface area contributed by atoms with Gasteiger partial charge in [0.25, 0.3) is 0 Å². The molecule has 1 fully saturated rings. The highest BCUT2D eigenvalue weighted by Gasteiger charge is 2.33. The summed E-state index contributed by atoms with van der Waals surface area (Å²) in [6.45, 7) is 3.91. The summed E-state index contributed by atoms with van der Waals surface area (Å²) in [6, 6.07) is 2.75. The zero-order valence-corrected chi connectivity index (χ0v) is 14.3. The number of hydrogen-bond acceptors (Lipinski definition) is 4. The first kappa shape index (κ1) is 16.8. The Morgan fingerprint density at radius 2 is 1.95 bits per heavy atom. The second-order valence-electron chi connectivity index (χ2n) is 5.35. The van der Waals surface area contributed by atoms with E-state index in [0.29, 0.717) is 13.1 Å². The van der Waals surface area contributed by atoms with Gasteiger partial charge in [0, 0.05) is 19.1 Å². The second kappa shape index (κ2) is 6.30. The van der Waals surface area contributed by atoms with Gasteiger partial charge in [0.05, 0.1) is 15.7 Å². The van der Waals surface area contributed by atoms with Crippen molar-refractivity contribution in [3.05, 3.63) is 22.2 Å². The predicted molar refractivity (Wildman–Crippen MR) is 86.3 cm³/mol. The van der Waals surface area contributed by atoms with E-state index in [0.717, 1.165) is 13.0 Å². The summed E-state index contributed by atoms with van der Waals surface area (Å²) < 4.78 is 27.2. The Labute approximate surface area is 135 Å². The van der Waals surface area contributed by atoms with Gasteiger partial charge in [-0.2, -0.15) is 4.31 Å². The van der Waals surface area contributed by atoms with Crippen LogP contribution in [0.2, 0.25) is 10.0 Å². The molecule has 8 heteroatoms. The molecule has 2 N–H and O–H groups in total. The third-order valence-electron chi connectivity index (χ3n) is 3.66. The molecule has 1 aromatic rings. The van der Waals surface area contributed by atoms with Crippen molar-refractivity contribution in [3.63, 3.8) is 0 Å². The summed E-state index contributed by atoms with van der Waals surface area (Å²) in [5.74, 6) is 0. The van der Waals surface area contributed by atoms with E-state index in [9.17, 15) is 8.42 Å². The van der Waals surface area contributed by atoms with E-state index in [4.69, 9.17) is 28.9 Å². The first-order valence-corrected chi connectivity index (χ1v) is 8.88. The lowest BCUT2D eigenvalue weighted by atomic mass is 10.3. The van der Waals surface area contributed by atoms with Gasteiger partial charge in [0.15, 0.2) is 0 Å². The molecular formula is C13H19Cl2N3O2S. The van der Waals surface area contributed by atoms with Gasteiger partial charge in [-0.1, -0.05) is 23.2 Å². The Balaban J connectivity index is 2.44. The number of nitrogen functional groups attached to an aromatic ring is 1. The van der Waals surface area contributed by atoms with Crippen LogP contribution in [0.5, 0.6) is 0 Å². The minimum absolute atomic E-state index is 0.00713. The van der Waals surface area contributed by atoms with Crippen LogP contribution in [0.3, 0.4) is 0 Å². The Kier molecular flexibility index (Phi) is 5.05. The number of likely N-dealkylation sites (N-methyl/N-ethyl adjacent to an activating group) is 1. The number of halogens is 2. The van der Waals surface area contributed by atoms with Gasteiger partial charge < -0.3 is 10.6 Å². The van der Waals surface area contributed by atoms with Crippen molar-refractivity contribution in [2.24, 2.45) is 0 Å². The zero-order chi connectivity index (χ0) is 15.8.